The number of nitrogens with zero attached hydrogens (tertiary/aromatic N) is 4. The van der Waals surface area contributed by atoms with Crippen molar-refractivity contribution in [2.24, 2.45) is 0 Å². The van der Waals surface area contributed by atoms with Gasteiger partial charge >= 0.3 is 6.09 Å². The maximum atomic E-state index is 13.3. The maximum Gasteiger partial charge on any atom is 0.407 e. The molecule has 0 fully saturated rings. The number of aromatic nitrogens is 4. The molecule has 38 heavy (non-hydrogen) atoms. The van der Waals surface area contributed by atoms with E-state index in [1.165, 1.54) is 20.3 Å². The number of benzene rings is 2. The number of ether oxygens (including phenoxy) is 2. The molecule has 0 saturated carbocycles. The third kappa shape index (κ3) is 4.95. The number of carbonyl (C=O) groups excluding carboxylic acids is 1. The fourth-order valence-electron chi connectivity index (χ4n) is 4.07. The highest BCUT2D eigenvalue weighted by molar-refractivity contribution is 7.93. The van der Waals surface area contributed by atoms with E-state index >= 15 is 0 Å². The summed E-state index contributed by atoms with van der Waals surface area (Å²) in [5.41, 5.74) is 3.19. The quantitative estimate of drug-likeness (QED) is 0.303. The van der Waals surface area contributed by atoms with Crippen molar-refractivity contribution >= 4 is 43.8 Å². The van der Waals surface area contributed by atoms with E-state index in [0.717, 1.165) is 16.7 Å². The van der Waals surface area contributed by atoms with Crippen molar-refractivity contribution in [2.45, 2.75) is 24.9 Å². The number of carbonyl (C=O) groups is 1. The Labute approximate surface area is 217 Å². The van der Waals surface area contributed by atoms with E-state index in [9.17, 15) is 13.2 Å². The summed E-state index contributed by atoms with van der Waals surface area (Å²) in [6, 6.07) is 10.3. The second-order valence-electron chi connectivity index (χ2n) is 8.54. The molecule has 5 rings (SSSR count). The second kappa shape index (κ2) is 10.0. The number of amides is 1. The lowest BCUT2D eigenvalue weighted by atomic mass is 10.1. The predicted octanol–water partition coefficient (Wildman–Crippen LogP) is 3.59. The molecule has 0 saturated heterocycles. The third-order valence-electron chi connectivity index (χ3n) is 5.80. The number of hydrogen-bond acceptors (Lipinski definition) is 9. The fraction of sp³-hybridized carbons (Fsp3) is 0.200. The molecule has 0 aliphatic rings. The van der Waals surface area contributed by atoms with Crippen LogP contribution in [0.3, 0.4) is 0 Å². The van der Waals surface area contributed by atoms with Gasteiger partial charge in [-0.3, -0.25) is 14.4 Å². The molecule has 0 spiro atoms. The second-order valence-corrected chi connectivity index (χ2v) is 10.2. The summed E-state index contributed by atoms with van der Waals surface area (Å²) in [5.74, 6) is 0.380. The molecule has 196 valence electrons. The maximum absolute atomic E-state index is 13.3. The van der Waals surface area contributed by atoms with Crippen molar-refractivity contribution < 1.29 is 27.2 Å². The molecular formula is C25H24N6O6S. The van der Waals surface area contributed by atoms with Gasteiger partial charge < -0.3 is 19.3 Å². The van der Waals surface area contributed by atoms with E-state index in [4.69, 9.17) is 9.26 Å². The van der Waals surface area contributed by atoms with Crippen LogP contribution in [0, 0.1) is 6.92 Å². The number of anilines is 1. The van der Waals surface area contributed by atoms with Crippen LogP contribution in [0.2, 0.25) is 0 Å². The summed E-state index contributed by atoms with van der Waals surface area (Å²) in [4.78, 5) is 15.6. The van der Waals surface area contributed by atoms with E-state index in [1.807, 2.05) is 19.1 Å². The Kier molecular flexibility index (Phi) is 6.59. The predicted molar refractivity (Wildman–Crippen MR) is 138 cm³/mol. The van der Waals surface area contributed by atoms with Crippen molar-refractivity contribution in [3.05, 3.63) is 71.7 Å². The first-order valence-electron chi connectivity index (χ1n) is 11.4. The average molecular weight is 537 g/mol. The van der Waals surface area contributed by atoms with Crippen LogP contribution in [-0.4, -0.2) is 48.7 Å². The zero-order chi connectivity index (χ0) is 26.9. The smallest absolute Gasteiger partial charge is 0.407 e. The van der Waals surface area contributed by atoms with Gasteiger partial charge in [-0.1, -0.05) is 17.3 Å². The van der Waals surface area contributed by atoms with E-state index in [2.05, 4.69) is 30.0 Å². The van der Waals surface area contributed by atoms with E-state index < -0.39 is 16.1 Å². The molecule has 0 unspecified atom stereocenters. The zero-order valence-electron chi connectivity index (χ0n) is 20.8. The Morgan fingerprint density at radius 2 is 1.97 bits per heavy atom. The Hall–Kier alpha value is -4.65. The van der Waals surface area contributed by atoms with Crippen LogP contribution in [0.25, 0.3) is 21.9 Å². The minimum absolute atomic E-state index is 0.00257. The van der Waals surface area contributed by atoms with Gasteiger partial charge in [0.1, 0.15) is 16.0 Å². The molecule has 0 aliphatic heterocycles. The molecule has 1 amide bonds. The standard InChI is InChI=1S/C25H24N6O6S/c1-15-7-18-5-4-6-21(23(18)26-10-15)38(33,34)30-24-22-19(35-2)8-16(9-20(22)37-29-24)13-31-14-17(12-28-31)11-27-25(32)36-3/h4-10,12,14H,11,13H2,1-3H3,(H,27,32)(H,29,30). The summed E-state index contributed by atoms with van der Waals surface area (Å²) in [6.07, 6.45) is 4.51. The minimum Gasteiger partial charge on any atom is -0.496 e. The number of fused-ring (bicyclic) bond motifs is 2. The van der Waals surface area contributed by atoms with Crippen LogP contribution in [0.5, 0.6) is 5.75 Å². The number of para-hydroxylation sites is 1. The number of nitrogens with one attached hydrogen (secondary N) is 2. The van der Waals surface area contributed by atoms with Crippen LogP contribution < -0.4 is 14.8 Å². The Morgan fingerprint density at radius 3 is 2.76 bits per heavy atom. The van der Waals surface area contributed by atoms with Gasteiger partial charge in [0, 0.05) is 29.9 Å². The zero-order valence-corrected chi connectivity index (χ0v) is 21.6. The molecule has 3 heterocycles. The number of hydrogen-bond donors (Lipinski definition) is 2. The first-order chi connectivity index (χ1) is 18.3. The average Bonchev–Trinajstić information content (AvgIpc) is 3.52. The van der Waals surface area contributed by atoms with Crippen molar-refractivity contribution in [2.75, 3.05) is 18.9 Å². The lowest BCUT2D eigenvalue weighted by Crippen LogP contribution is -2.21. The van der Waals surface area contributed by atoms with Gasteiger partial charge in [-0.25, -0.2) is 13.2 Å². The number of rotatable bonds is 8. The summed E-state index contributed by atoms with van der Waals surface area (Å²) in [6.45, 7) is 2.53. The third-order valence-corrected chi connectivity index (χ3v) is 7.17. The monoisotopic (exact) mass is 536 g/mol. The van der Waals surface area contributed by atoms with E-state index in [1.54, 1.807) is 41.5 Å². The molecule has 2 aromatic carbocycles. The van der Waals surface area contributed by atoms with Crippen molar-refractivity contribution in [3.63, 3.8) is 0 Å². The first-order valence-corrected chi connectivity index (χ1v) is 12.9. The summed E-state index contributed by atoms with van der Waals surface area (Å²) >= 11 is 0. The SMILES string of the molecule is COC(=O)NCc1cnn(Cc2cc(OC)c3c(NS(=O)(=O)c4cccc5cc(C)cnc45)noc3c2)c1. The highest BCUT2D eigenvalue weighted by atomic mass is 32.2. The van der Waals surface area contributed by atoms with Crippen LogP contribution in [0.15, 0.2) is 64.4 Å². The Bertz CT molecular complexity index is 1760. The van der Waals surface area contributed by atoms with Crippen LogP contribution >= 0.6 is 0 Å². The Balaban J connectivity index is 1.42. The summed E-state index contributed by atoms with van der Waals surface area (Å²) in [7, 11) is -1.28. The van der Waals surface area contributed by atoms with E-state index in [-0.39, 0.29) is 17.3 Å². The highest BCUT2D eigenvalue weighted by Gasteiger charge is 2.24. The minimum atomic E-state index is -4.05. The van der Waals surface area contributed by atoms with Gasteiger partial charge in [0.05, 0.1) is 32.5 Å². The van der Waals surface area contributed by atoms with Gasteiger partial charge in [0.2, 0.25) is 0 Å². The van der Waals surface area contributed by atoms with Gasteiger partial charge in [0.25, 0.3) is 10.0 Å². The van der Waals surface area contributed by atoms with Crippen LogP contribution in [0.1, 0.15) is 16.7 Å². The van der Waals surface area contributed by atoms with Crippen molar-refractivity contribution in [3.8, 4) is 5.75 Å². The Morgan fingerprint density at radius 1 is 1.13 bits per heavy atom. The molecule has 5 aromatic rings. The summed E-state index contributed by atoms with van der Waals surface area (Å²) in [5, 5.41) is 12.0. The largest absolute Gasteiger partial charge is 0.496 e. The number of methoxy groups -OCH3 is 2. The molecule has 0 atom stereocenters. The normalized spacial score (nSPS) is 11.6. The summed E-state index contributed by atoms with van der Waals surface area (Å²) < 4.78 is 46.5. The molecule has 13 heteroatoms. The number of pyridine rings is 1. The lowest BCUT2D eigenvalue weighted by molar-refractivity contribution is 0.170. The van der Waals surface area contributed by atoms with Gasteiger partial charge in [0.15, 0.2) is 11.4 Å². The van der Waals surface area contributed by atoms with Crippen LogP contribution in [-0.2, 0) is 27.8 Å². The molecule has 0 radical (unpaired) electrons. The van der Waals surface area contributed by atoms with E-state index in [0.29, 0.717) is 34.2 Å². The van der Waals surface area contributed by atoms with Gasteiger partial charge in [-0.2, -0.15) is 5.10 Å². The molecule has 2 N–H and O–H groups in total. The topological polar surface area (TPSA) is 150 Å². The molecule has 12 nitrogen and oxygen atoms in total. The fourth-order valence-corrected chi connectivity index (χ4v) is 5.26. The number of sulfonamides is 1. The van der Waals surface area contributed by atoms with Crippen molar-refractivity contribution in [1.82, 2.24) is 25.2 Å². The van der Waals surface area contributed by atoms with Crippen LogP contribution in [0.4, 0.5) is 10.6 Å². The number of alkyl carbamates (subject to hydrolysis) is 1. The highest BCUT2D eigenvalue weighted by Crippen LogP contribution is 2.35. The first kappa shape index (κ1) is 25.0. The van der Waals surface area contributed by atoms with Gasteiger partial charge in [-0.05, 0) is 42.3 Å². The molecule has 3 aromatic heterocycles. The lowest BCUT2D eigenvalue weighted by Gasteiger charge is -2.10. The molecule has 0 bridgehead atoms. The number of aryl methyl sites for hydroxylation is 1. The molecular weight excluding hydrogens is 512 g/mol. The van der Waals surface area contributed by atoms with Gasteiger partial charge in [-0.15, -0.1) is 0 Å². The van der Waals surface area contributed by atoms with Crippen molar-refractivity contribution in [1.29, 1.82) is 0 Å². The molecule has 0 aliphatic carbocycles.